The number of hydrogen-bond donors (Lipinski definition) is 3. The maximum atomic E-state index is 11.9. The molecule has 0 saturated carbocycles. The van der Waals surface area contributed by atoms with Crippen LogP contribution in [0, 0.1) is 0 Å². The zero-order chi connectivity index (χ0) is 14.3. The lowest BCUT2D eigenvalue weighted by atomic mass is 10.2. The normalized spacial score (nSPS) is 20.9. The van der Waals surface area contributed by atoms with Crippen LogP contribution in [-0.2, 0) is 14.3 Å². The van der Waals surface area contributed by atoms with Crippen molar-refractivity contribution in [2.75, 3.05) is 40.0 Å². The number of nitrogens with one attached hydrogen (secondary N) is 1. The Morgan fingerprint density at radius 1 is 1.58 bits per heavy atom. The Kier molecular flexibility index (Phi) is 6.54. The van der Waals surface area contributed by atoms with Gasteiger partial charge in [-0.15, -0.1) is 0 Å². The monoisotopic (exact) mass is 276 g/mol. The topological polar surface area (TPSA) is 108 Å². The third kappa shape index (κ3) is 5.01. The summed E-state index contributed by atoms with van der Waals surface area (Å²) in [5.41, 5.74) is 0. The van der Waals surface area contributed by atoms with Crippen molar-refractivity contribution in [2.24, 2.45) is 0 Å². The molecule has 2 amide bonds. The van der Waals surface area contributed by atoms with E-state index in [9.17, 15) is 9.59 Å². The van der Waals surface area contributed by atoms with Crippen LogP contribution in [0.2, 0.25) is 0 Å². The van der Waals surface area contributed by atoms with E-state index in [1.807, 2.05) is 0 Å². The molecular weight excluding hydrogens is 256 g/mol. The maximum absolute atomic E-state index is 11.9. The van der Waals surface area contributed by atoms with Gasteiger partial charge in [0, 0.05) is 20.2 Å². The summed E-state index contributed by atoms with van der Waals surface area (Å²) in [7, 11) is 1.39. The summed E-state index contributed by atoms with van der Waals surface area (Å²) in [5, 5.41) is 20.4. The number of carbonyl (C=O) groups excluding carboxylic acids is 1. The number of carbonyl (C=O) groups is 2. The van der Waals surface area contributed by atoms with E-state index >= 15 is 0 Å². The largest absolute Gasteiger partial charge is 0.481 e. The number of aliphatic hydroxyl groups is 1. The van der Waals surface area contributed by atoms with Gasteiger partial charge in [-0.1, -0.05) is 0 Å². The number of nitrogens with zero attached hydrogens (tertiary/aromatic N) is 1. The number of amides is 2. The number of carboxylic acids is 1. The van der Waals surface area contributed by atoms with Crippen LogP contribution in [0.1, 0.15) is 6.42 Å². The van der Waals surface area contributed by atoms with Gasteiger partial charge in [-0.05, 0) is 0 Å². The SMILES string of the molecule is COC(CNC(=O)N1CCOCC1CO)CC(=O)O. The van der Waals surface area contributed by atoms with E-state index in [-0.39, 0.29) is 31.6 Å². The highest BCUT2D eigenvalue weighted by Gasteiger charge is 2.27. The molecule has 2 unspecified atom stereocenters. The lowest BCUT2D eigenvalue weighted by Gasteiger charge is -2.34. The smallest absolute Gasteiger partial charge is 0.317 e. The molecule has 1 saturated heterocycles. The van der Waals surface area contributed by atoms with Crippen molar-refractivity contribution in [3.8, 4) is 0 Å². The number of methoxy groups -OCH3 is 1. The molecule has 110 valence electrons. The van der Waals surface area contributed by atoms with E-state index in [1.54, 1.807) is 0 Å². The van der Waals surface area contributed by atoms with Crippen LogP contribution in [-0.4, -0.2) is 79.3 Å². The molecule has 1 rings (SSSR count). The van der Waals surface area contributed by atoms with Gasteiger partial charge in [-0.3, -0.25) is 4.79 Å². The van der Waals surface area contributed by atoms with Crippen LogP contribution in [0.4, 0.5) is 4.79 Å². The molecule has 1 fully saturated rings. The molecule has 0 bridgehead atoms. The summed E-state index contributed by atoms with van der Waals surface area (Å²) >= 11 is 0. The highest BCUT2D eigenvalue weighted by molar-refractivity contribution is 5.75. The lowest BCUT2D eigenvalue weighted by Crippen LogP contribution is -2.54. The first kappa shape index (κ1) is 15.7. The molecule has 0 aromatic rings. The van der Waals surface area contributed by atoms with E-state index in [0.717, 1.165) is 0 Å². The number of rotatable bonds is 6. The molecule has 3 N–H and O–H groups in total. The zero-order valence-electron chi connectivity index (χ0n) is 10.9. The second-order valence-electron chi connectivity index (χ2n) is 4.25. The van der Waals surface area contributed by atoms with Gasteiger partial charge in [-0.25, -0.2) is 4.79 Å². The molecule has 1 aliphatic rings. The van der Waals surface area contributed by atoms with Gasteiger partial charge in [0.1, 0.15) is 0 Å². The van der Waals surface area contributed by atoms with Gasteiger partial charge in [0.05, 0.1) is 38.4 Å². The standard InChI is InChI=1S/C11H20N2O6/c1-18-9(4-10(15)16)5-12-11(17)13-2-3-19-7-8(13)6-14/h8-9,14H,2-7H2,1H3,(H,12,17)(H,15,16). The van der Waals surface area contributed by atoms with E-state index in [1.165, 1.54) is 12.0 Å². The molecule has 2 atom stereocenters. The summed E-state index contributed by atoms with van der Waals surface area (Å²) in [6.07, 6.45) is -0.751. The molecule has 0 aromatic heterocycles. The van der Waals surface area contributed by atoms with Crippen molar-refractivity contribution in [1.29, 1.82) is 0 Å². The minimum Gasteiger partial charge on any atom is -0.481 e. The third-order valence-electron chi connectivity index (χ3n) is 2.92. The molecule has 0 spiro atoms. The van der Waals surface area contributed by atoms with E-state index in [4.69, 9.17) is 19.7 Å². The van der Waals surface area contributed by atoms with Gasteiger partial charge in [0.25, 0.3) is 0 Å². The third-order valence-corrected chi connectivity index (χ3v) is 2.92. The van der Waals surface area contributed by atoms with Crippen LogP contribution in [0.25, 0.3) is 0 Å². The summed E-state index contributed by atoms with van der Waals surface area (Å²) in [6.45, 7) is 1.06. The van der Waals surface area contributed by atoms with Gasteiger partial charge in [0.15, 0.2) is 0 Å². The molecule has 0 aromatic carbocycles. The second kappa shape index (κ2) is 7.93. The first-order chi connectivity index (χ1) is 9.08. The van der Waals surface area contributed by atoms with Crippen molar-refractivity contribution in [2.45, 2.75) is 18.6 Å². The van der Waals surface area contributed by atoms with Crippen LogP contribution in [0.15, 0.2) is 0 Å². The lowest BCUT2D eigenvalue weighted by molar-refractivity contribution is -0.139. The fourth-order valence-corrected chi connectivity index (χ4v) is 1.81. The number of carboxylic acid groups (broad SMARTS) is 1. The van der Waals surface area contributed by atoms with E-state index < -0.39 is 12.1 Å². The molecule has 19 heavy (non-hydrogen) atoms. The maximum Gasteiger partial charge on any atom is 0.317 e. The number of aliphatic hydroxyl groups excluding tert-OH is 1. The van der Waals surface area contributed by atoms with Gasteiger partial charge >= 0.3 is 12.0 Å². The predicted octanol–water partition coefficient (Wildman–Crippen LogP) is -1.12. The Morgan fingerprint density at radius 3 is 2.89 bits per heavy atom. The quantitative estimate of drug-likeness (QED) is 0.567. The van der Waals surface area contributed by atoms with Crippen LogP contribution in [0.3, 0.4) is 0 Å². The number of morpholine rings is 1. The van der Waals surface area contributed by atoms with E-state index in [0.29, 0.717) is 19.8 Å². The molecule has 8 heteroatoms. The average molecular weight is 276 g/mol. The fraction of sp³-hybridized carbons (Fsp3) is 0.818. The highest BCUT2D eigenvalue weighted by atomic mass is 16.5. The number of urea groups is 1. The Morgan fingerprint density at radius 2 is 2.32 bits per heavy atom. The summed E-state index contributed by atoms with van der Waals surface area (Å²) in [5.74, 6) is -0.985. The van der Waals surface area contributed by atoms with Crippen molar-refractivity contribution in [3.05, 3.63) is 0 Å². The highest BCUT2D eigenvalue weighted by Crippen LogP contribution is 2.06. The molecule has 1 heterocycles. The minimum atomic E-state index is -0.985. The molecule has 1 aliphatic heterocycles. The first-order valence-electron chi connectivity index (χ1n) is 6.06. The molecule has 8 nitrogen and oxygen atoms in total. The van der Waals surface area contributed by atoms with Gasteiger partial charge in [-0.2, -0.15) is 0 Å². The zero-order valence-corrected chi connectivity index (χ0v) is 10.9. The van der Waals surface area contributed by atoms with Gasteiger partial charge < -0.3 is 29.9 Å². The fourth-order valence-electron chi connectivity index (χ4n) is 1.81. The Bertz CT molecular complexity index is 312. The first-order valence-corrected chi connectivity index (χ1v) is 6.06. The summed E-state index contributed by atoms with van der Waals surface area (Å²) < 4.78 is 10.1. The van der Waals surface area contributed by atoms with Crippen molar-refractivity contribution in [3.63, 3.8) is 0 Å². The Balaban J connectivity index is 2.42. The second-order valence-corrected chi connectivity index (χ2v) is 4.25. The van der Waals surface area contributed by atoms with Crippen molar-refractivity contribution >= 4 is 12.0 Å². The molecular formula is C11H20N2O6. The van der Waals surface area contributed by atoms with Crippen LogP contribution in [0.5, 0.6) is 0 Å². The predicted molar refractivity (Wildman–Crippen MR) is 64.8 cm³/mol. The minimum absolute atomic E-state index is 0.108. The van der Waals surface area contributed by atoms with Gasteiger partial charge in [0.2, 0.25) is 0 Å². The van der Waals surface area contributed by atoms with Crippen LogP contribution >= 0.6 is 0 Å². The van der Waals surface area contributed by atoms with Crippen molar-refractivity contribution in [1.82, 2.24) is 10.2 Å². The number of aliphatic carboxylic acids is 1. The van der Waals surface area contributed by atoms with E-state index in [2.05, 4.69) is 5.32 Å². The molecule has 0 radical (unpaired) electrons. The summed E-state index contributed by atoms with van der Waals surface area (Å²) in [4.78, 5) is 24.0. The Hall–Kier alpha value is -1.38. The Labute approximate surface area is 111 Å². The number of ether oxygens (including phenoxy) is 2. The summed E-state index contributed by atoms with van der Waals surface area (Å²) in [6, 6.07) is -0.719. The number of hydrogen-bond acceptors (Lipinski definition) is 5. The van der Waals surface area contributed by atoms with Crippen molar-refractivity contribution < 1.29 is 29.3 Å². The average Bonchev–Trinajstić information content (AvgIpc) is 2.42. The van der Waals surface area contributed by atoms with Crippen LogP contribution < -0.4 is 5.32 Å². The molecule has 0 aliphatic carbocycles.